The molecular formula is C19H26N2. The van der Waals surface area contributed by atoms with Crippen molar-refractivity contribution in [3.63, 3.8) is 0 Å². The van der Waals surface area contributed by atoms with Crippen LogP contribution in [0.2, 0.25) is 0 Å². The molecule has 2 nitrogen and oxygen atoms in total. The Kier molecular flexibility index (Phi) is 5.51. The molecule has 0 saturated carbocycles. The molecule has 0 aliphatic rings. The zero-order chi connectivity index (χ0) is 15.2. The normalized spacial score (nSPS) is 12.6. The van der Waals surface area contributed by atoms with E-state index in [1.165, 1.54) is 16.7 Å². The predicted octanol–water partition coefficient (Wildman–Crippen LogP) is 4.60. The van der Waals surface area contributed by atoms with Crippen LogP contribution in [0.1, 0.15) is 61.5 Å². The summed E-state index contributed by atoms with van der Waals surface area (Å²) in [6.45, 7) is 9.68. The van der Waals surface area contributed by atoms with Crippen LogP contribution in [0.5, 0.6) is 0 Å². The van der Waals surface area contributed by atoms with Crippen LogP contribution in [0.4, 0.5) is 0 Å². The Bertz CT molecular complexity index is 541. The van der Waals surface area contributed by atoms with Gasteiger partial charge in [0.05, 0.1) is 6.04 Å². The third-order valence-corrected chi connectivity index (χ3v) is 3.80. The van der Waals surface area contributed by atoms with Crippen LogP contribution in [0.25, 0.3) is 0 Å². The predicted molar refractivity (Wildman–Crippen MR) is 89.6 cm³/mol. The lowest BCUT2D eigenvalue weighted by Gasteiger charge is -2.20. The maximum atomic E-state index is 4.44. The van der Waals surface area contributed by atoms with Gasteiger partial charge in [0.15, 0.2) is 0 Å². The summed E-state index contributed by atoms with van der Waals surface area (Å²) in [5, 5.41) is 3.63. The average molecular weight is 282 g/mol. The first-order valence-electron chi connectivity index (χ1n) is 7.87. The highest BCUT2D eigenvalue weighted by Gasteiger charge is 2.13. The monoisotopic (exact) mass is 282 g/mol. The lowest BCUT2D eigenvalue weighted by Crippen LogP contribution is -2.23. The minimum atomic E-state index is 0.222. The highest BCUT2D eigenvalue weighted by Crippen LogP contribution is 2.24. The smallest absolute Gasteiger partial charge is 0.0591 e. The van der Waals surface area contributed by atoms with Gasteiger partial charge in [-0.2, -0.15) is 0 Å². The maximum absolute atomic E-state index is 4.44. The van der Waals surface area contributed by atoms with Crippen molar-refractivity contribution in [2.75, 3.05) is 6.54 Å². The minimum Gasteiger partial charge on any atom is -0.306 e. The van der Waals surface area contributed by atoms with E-state index in [1.807, 2.05) is 13.1 Å². The van der Waals surface area contributed by atoms with Gasteiger partial charge in [0.1, 0.15) is 0 Å². The van der Waals surface area contributed by atoms with Crippen LogP contribution in [0.3, 0.4) is 0 Å². The number of nitrogens with one attached hydrogen (secondary N) is 1. The largest absolute Gasteiger partial charge is 0.306 e. The second kappa shape index (κ2) is 7.37. The molecule has 0 saturated heterocycles. The van der Waals surface area contributed by atoms with Crippen LogP contribution >= 0.6 is 0 Å². The summed E-state index contributed by atoms with van der Waals surface area (Å²) in [7, 11) is 0. The third-order valence-electron chi connectivity index (χ3n) is 3.80. The van der Waals surface area contributed by atoms with E-state index in [1.54, 1.807) is 0 Å². The molecule has 1 aromatic carbocycles. The second-order valence-corrected chi connectivity index (χ2v) is 5.94. The van der Waals surface area contributed by atoms with Crippen LogP contribution in [0.15, 0.2) is 42.6 Å². The average Bonchev–Trinajstić information content (AvgIpc) is 2.50. The second-order valence-electron chi connectivity index (χ2n) is 5.94. The Labute approximate surface area is 128 Å². The Hall–Kier alpha value is -1.67. The van der Waals surface area contributed by atoms with E-state index in [-0.39, 0.29) is 6.04 Å². The molecule has 2 heteroatoms. The summed E-state index contributed by atoms with van der Waals surface area (Å²) in [6, 6.07) is 13.4. The lowest BCUT2D eigenvalue weighted by molar-refractivity contribution is 0.596. The minimum absolute atomic E-state index is 0.222. The quantitative estimate of drug-likeness (QED) is 0.837. The number of aromatic nitrogens is 1. The molecule has 0 fully saturated rings. The van der Waals surface area contributed by atoms with Crippen molar-refractivity contribution < 1.29 is 0 Å². The molecule has 1 atom stereocenters. The number of benzene rings is 1. The zero-order valence-electron chi connectivity index (χ0n) is 13.6. The van der Waals surface area contributed by atoms with Crippen LogP contribution in [0, 0.1) is 6.92 Å². The summed E-state index contributed by atoms with van der Waals surface area (Å²) in [5.41, 5.74) is 4.98. The Morgan fingerprint density at radius 2 is 1.57 bits per heavy atom. The summed E-state index contributed by atoms with van der Waals surface area (Å²) >= 11 is 0. The van der Waals surface area contributed by atoms with Gasteiger partial charge in [0.25, 0.3) is 0 Å². The first-order valence-corrected chi connectivity index (χ1v) is 7.87. The molecule has 2 aromatic rings. The SMILES string of the molecule is CCCNC(c1ccc(C(C)C)cc1)c1ccc(C)nc1. The first kappa shape index (κ1) is 15.7. The summed E-state index contributed by atoms with van der Waals surface area (Å²) < 4.78 is 0. The number of nitrogens with zero attached hydrogens (tertiary/aromatic N) is 1. The van der Waals surface area contributed by atoms with Crippen molar-refractivity contribution in [2.24, 2.45) is 0 Å². The van der Waals surface area contributed by atoms with Crippen molar-refractivity contribution in [1.82, 2.24) is 10.3 Å². The lowest BCUT2D eigenvalue weighted by atomic mass is 9.96. The molecule has 2 rings (SSSR count). The number of pyridine rings is 1. The fraction of sp³-hybridized carbons (Fsp3) is 0.421. The van der Waals surface area contributed by atoms with Gasteiger partial charge >= 0.3 is 0 Å². The number of aryl methyl sites for hydroxylation is 1. The molecule has 21 heavy (non-hydrogen) atoms. The Morgan fingerprint density at radius 1 is 0.952 bits per heavy atom. The summed E-state index contributed by atoms with van der Waals surface area (Å²) in [5.74, 6) is 0.571. The van der Waals surface area contributed by atoms with Gasteiger partial charge in [-0.05, 0) is 48.6 Å². The fourth-order valence-electron chi connectivity index (χ4n) is 2.44. The van der Waals surface area contributed by atoms with Gasteiger partial charge in [0.2, 0.25) is 0 Å². The maximum Gasteiger partial charge on any atom is 0.0591 e. The highest BCUT2D eigenvalue weighted by molar-refractivity contribution is 5.33. The van der Waals surface area contributed by atoms with E-state index in [4.69, 9.17) is 0 Å². The Morgan fingerprint density at radius 3 is 2.10 bits per heavy atom. The van der Waals surface area contributed by atoms with Gasteiger partial charge in [-0.25, -0.2) is 0 Å². The number of hydrogen-bond donors (Lipinski definition) is 1. The first-order chi connectivity index (χ1) is 10.1. The van der Waals surface area contributed by atoms with E-state index < -0.39 is 0 Å². The van der Waals surface area contributed by atoms with E-state index in [2.05, 4.69) is 67.5 Å². The molecule has 0 aliphatic heterocycles. The van der Waals surface area contributed by atoms with Crippen molar-refractivity contribution in [3.8, 4) is 0 Å². The van der Waals surface area contributed by atoms with Gasteiger partial charge in [-0.15, -0.1) is 0 Å². The van der Waals surface area contributed by atoms with Crippen molar-refractivity contribution >= 4 is 0 Å². The van der Waals surface area contributed by atoms with Gasteiger partial charge < -0.3 is 5.32 Å². The molecule has 0 bridgehead atoms. The molecular weight excluding hydrogens is 256 g/mol. The topological polar surface area (TPSA) is 24.9 Å². The zero-order valence-corrected chi connectivity index (χ0v) is 13.6. The molecule has 0 radical (unpaired) electrons. The van der Waals surface area contributed by atoms with E-state index >= 15 is 0 Å². The number of hydrogen-bond acceptors (Lipinski definition) is 2. The van der Waals surface area contributed by atoms with Crippen LogP contribution in [-0.2, 0) is 0 Å². The van der Waals surface area contributed by atoms with Crippen LogP contribution < -0.4 is 5.32 Å². The van der Waals surface area contributed by atoms with Gasteiger partial charge in [-0.1, -0.05) is 51.1 Å². The molecule has 0 spiro atoms. The molecule has 1 N–H and O–H groups in total. The standard InChI is InChI=1S/C19H26N2/c1-5-12-20-19(18-7-6-15(4)21-13-18)17-10-8-16(9-11-17)14(2)3/h6-11,13-14,19-20H,5,12H2,1-4H3. The van der Waals surface area contributed by atoms with Gasteiger partial charge in [0, 0.05) is 11.9 Å². The third kappa shape index (κ3) is 4.15. The van der Waals surface area contributed by atoms with Crippen molar-refractivity contribution in [3.05, 3.63) is 65.0 Å². The highest BCUT2D eigenvalue weighted by atomic mass is 14.9. The molecule has 112 valence electrons. The van der Waals surface area contributed by atoms with E-state index in [0.29, 0.717) is 5.92 Å². The molecule has 1 aromatic heterocycles. The molecule has 0 aliphatic carbocycles. The molecule has 0 amide bonds. The van der Waals surface area contributed by atoms with Crippen LogP contribution in [-0.4, -0.2) is 11.5 Å². The van der Waals surface area contributed by atoms with Crippen molar-refractivity contribution in [1.29, 1.82) is 0 Å². The molecule has 1 unspecified atom stereocenters. The van der Waals surface area contributed by atoms with E-state index in [9.17, 15) is 0 Å². The summed E-state index contributed by atoms with van der Waals surface area (Å²) in [4.78, 5) is 4.44. The molecule has 1 heterocycles. The van der Waals surface area contributed by atoms with E-state index in [0.717, 1.165) is 18.7 Å². The number of rotatable bonds is 6. The fourth-order valence-corrected chi connectivity index (χ4v) is 2.44. The van der Waals surface area contributed by atoms with Gasteiger partial charge in [-0.3, -0.25) is 4.98 Å². The Balaban J connectivity index is 2.28. The summed E-state index contributed by atoms with van der Waals surface area (Å²) in [6.07, 6.45) is 3.11. The van der Waals surface area contributed by atoms with Crippen molar-refractivity contribution in [2.45, 2.75) is 46.1 Å².